The largest absolute Gasteiger partial charge is 0.379 e. The Morgan fingerprint density at radius 1 is 1.50 bits per heavy atom. The number of nitrogens with zero attached hydrogens (tertiary/aromatic N) is 1. The van der Waals surface area contributed by atoms with Gasteiger partial charge in [-0.25, -0.2) is 0 Å². The number of hydroxylamine groups is 2. The smallest absolute Gasteiger partial charge is 0.299 e. The van der Waals surface area contributed by atoms with Crippen LogP contribution < -0.4 is 5.73 Å². The lowest BCUT2D eigenvalue weighted by atomic mass is 10.5. The van der Waals surface area contributed by atoms with Gasteiger partial charge in [-0.2, -0.15) is 0 Å². The van der Waals surface area contributed by atoms with Crippen LogP contribution in [0, 0.1) is 5.41 Å². The molecule has 1 saturated heterocycles. The lowest BCUT2D eigenvalue weighted by molar-refractivity contribution is -0.130. The van der Waals surface area contributed by atoms with Crippen LogP contribution in [-0.2, 0) is 9.57 Å². The summed E-state index contributed by atoms with van der Waals surface area (Å²) in [5.74, 6) is 0. The minimum absolute atomic E-state index is 0.262. The molecule has 0 spiro atoms. The van der Waals surface area contributed by atoms with Crippen molar-refractivity contribution in [2.45, 2.75) is 0 Å². The van der Waals surface area contributed by atoms with E-state index in [1.807, 2.05) is 0 Å². The minimum atomic E-state index is -0.262. The number of hydrogen-bond donors (Lipinski definition) is 2. The first-order valence-corrected chi connectivity index (χ1v) is 3.14. The second kappa shape index (κ2) is 3.38. The average Bonchev–Trinajstić information content (AvgIpc) is 1.88. The Hall–Kier alpha value is -0.810. The molecule has 0 aromatic rings. The highest BCUT2D eigenvalue weighted by Gasteiger charge is 2.11. The van der Waals surface area contributed by atoms with Crippen LogP contribution in [0.5, 0.6) is 0 Å². The topological polar surface area (TPSA) is 71.6 Å². The highest BCUT2D eigenvalue weighted by Crippen LogP contribution is 1.95. The van der Waals surface area contributed by atoms with Crippen molar-refractivity contribution in [2.75, 3.05) is 26.3 Å². The van der Waals surface area contributed by atoms with Crippen LogP contribution in [0.1, 0.15) is 0 Å². The molecule has 1 rings (SSSR count). The third-order valence-electron chi connectivity index (χ3n) is 1.20. The van der Waals surface area contributed by atoms with Crippen molar-refractivity contribution in [3.63, 3.8) is 0 Å². The number of hydrogen-bond acceptors (Lipinski definition) is 4. The van der Waals surface area contributed by atoms with Gasteiger partial charge in [0.25, 0.3) is 6.02 Å². The predicted octanol–water partition coefficient (Wildman–Crippen LogP) is -0.856. The van der Waals surface area contributed by atoms with Crippen LogP contribution in [0.25, 0.3) is 0 Å². The maximum Gasteiger partial charge on any atom is 0.299 e. The fourth-order valence-electron chi connectivity index (χ4n) is 0.777. The van der Waals surface area contributed by atoms with Gasteiger partial charge in [-0.3, -0.25) is 5.41 Å². The Labute approximate surface area is 59.2 Å². The first kappa shape index (κ1) is 7.30. The standard InChI is InChI=1S/C5H11N3O2/c6-5(7)10-8-1-3-9-4-2-8/h1-4H2,(H3,6,7). The quantitative estimate of drug-likeness (QED) is 0.372. The summed E-state index contributed by atoms with van der Waals surface area (Å²) >= 11 is 0. The second-order valence-corrected chi connectivity index (χ2v) is 2.00. The third-order valence-corrected chi connectivity index (χ3v) is 1.20. The summed E-state index contributed by atoms with van der Waals surface area (Å²) in [6.07, 6.45) is 0. The summed E-state index contributed by atoms with van der Waals surface area (Å²) in [4.78, 5) is 4.81. The molecule has 58 valence electrons. The van der Waals surface area contributed by atoms with Crippen LogP contribution in [0.2, 0.25) is 0 Å². The summed E-state index contributed by atoms with van der Waals surface area (Å²) in [5.41, 5.74) is 5.00. The molecule has 0 aromatic carbocycles. The molecular formula is C5H11N3O2. The van der Waals surface area contributed by atoms with Crippen molar-refractivity contribution in [2.24, 2.45) is 5.73 Å². The fraction of sp³-hybridized carbons (Fsp3) is 0.800. The van der Waals surface area contributed by atoms with Crippen molar-refractivity contribution >= 4 is 6.02 Å². The maximum absolute atomic E-state index is 6.80. The van der Waals surface area contributed by atoms with Crippen LogP contribution in [-0.4, -0.2) is 37.4 Å². The first-order valence-electron chi connectivity index (χ1n) is 3.14. The van der Waals surface area contributed by atoms with E-state index in [0.29, 0.717) is 26.3 Å². The van der Waals surface area contributed by atoms with Gasteiger partial charge < -0.3 is 15.3 Å². The molecule has 1 heterocycles. The number of morpholine rings is 1. The van der Waals surface area contributed by atoms with E-state index in [1.165, 1.54) is 0 Å². The molecular weight excluding hydrogens is 134 g/mol. The van der Waals surface area contributed by atoms with Gasteiger partial charge in [-0.15, -0.1) is 5.06 Å². The molecule has 1 fully saturated rings. The Morgan fingerprint density at radius 3 is 2.60 bits per heavy atom. The van der Waals surface area contributed by atoms with E-state index in [9.17, 15) is 0 Å². The first-order chi connectivity index (χ1) is 4.79. The van der Waals surface area contributed by atoms with Gasteiger partial charge in [-0.05, 0) is 0 Å². The molecule has 1 aliphatic rings. The molecule has 0 bridgehead atoms. The van der Waals surface area contributed by atoms with E-state index >= 15 is 0 Å². The summed E-state index contributed by atoms with van der Waals surface area (Å²) in [6.45, 7) is 2.65. The molecule has 0 atom stereocenters. The molecule has 5 nitrogen and oxygen atoms in total. The highest BCUT2D eigenvalue weighted by atomic mass is 16.7. The van der Waals surface area contributed by atoms with Gasteiger partial charge in [0, 0.05) is 0 Å². The van der Waals surface area contributed by atoms with Crippen LogP contribution in [0.3, 0.4) is 0 Å². The summed E-state index contributed by atoms with van der Waals surface area (Å²) in [6, 6.07) is -0.262. The number of nitrogens with two attached hydrogens (primary N) is 1. The molecule has 5 heteroatoms. The van der Waals surface area contributed by atoms with Crippen molar-refractivity contribution in [3.8, 4) is 0 Å². The van der Waals surface area contributed by atoms with Crippen molar-refractivity contribution in [3.05, 3.63) is 0 Å². The van der Waals surface area contributed by atoms with Crippen LogP contribution >= 0.6 is 0 Å². The second-order valence-electron chi connectivity index (χ2n) is 2.00. The predicted molar refractivity (Wildman–Crippen MR) is 35.4 cm³/mol. The van der Waals surface area contributed by atoms with E-state index in [0.717, 1.165) is 0 Å². The molecule has 0 aliphatic carbocycles. The minimum Gasteiger partial charge on any atom is -0.379 e. The number of ether oxygens (including phenoxy) is 1. The van der Waals surface area contributed by atoms with Crippen LogP contribution in [0.15, 0.2) is 0 Å². The molecule has 3 N–H and O–H groups in total. The lowest BCUT2D eigenvalue weighted by Gasteiger charge is -2.24. The number of nitrogens with one attached hydrogen (secondary N) is 1. The summed E-state index contributed by atoms with van der Waals surface area (Å²) in [5, 5.41) is 8.42. The Balaban J connectivity index is 2.19. The van der Waals surface area contributed by atoms with Crippen molar-refractivity contribution < 1.29 is 9.57 Å². The van der Waals surface area contributed by atoms with Gasteiger partial charge in [0.2, 0.25) is 0 Å². The lowest BCUT2D eigenvalue weighted by Crippen LogP contribution is -2.39. The zero-order valence-corrected chi connectivity index (χ0v) is 5.67. The SMILES string of the molecule is N=C(N)ON1CCOCC1. The van der Waals surface area contributed by atoms with Crippen molar-refractivity contribution in [1.82, 2.24) is 5.06 Å². The van der Waals surface area contributed by atoms with Gasteiger partial charge in [0.05, 0.1) is 26.3 Å². The van der Waals surface area contributed by atoms with E-state index in [4.69, 9.17) is 20.7 Å². The van der Waals surface area contributed by atoms with E-state index in [1.54, 1.807) is 5.06 Å². The molecule has 10 heavy (non-hydrogen) atoms. The van der Waals surface area contributed by atoms with Gasteiger partial charge in [-0.1, -0.05) is 0 Å². The average molecular weight is 145 g/mol. The molecule has 0 aromatic heterocycles. The Morgan fingerprint density at radius 2 is 2.10 bits per heavy atom. The number of rotatable bonds is 1. The molecule has 0 saturated carbocycles. The van der Waals surface area contributed by atoms with E-state index < -0.39 is 0 Å². The van der Waals surface area contributed by atoms with E-state index in [-0.39, 0.29) is 6.02 Å². The third kappa shape index (κ3) is 2.20. The summed E-state index contributed by atoms with van der Waals surface area (Å²) < 4.78 is 5.05. The van der Waals surface area contributed by atoms with Gasteiger partial charge in [0.1, 0.15) is 0 Å². The van der Waals surface area contributed by atoms with Crippen molar-refractivity contribution in [1.29, 1.82) is 5.41 Å². The maximum atomic E-state index is 6.80. The molecule has 0 amide bonds. The zero-order chi connectivity index (χ0) is 7.40. The normalized spacial score (nSPS) is 20.4. The fourth-order valence-corrected chi connectivity index (χ4v) is 0.777. The van der Waals surface area contributed by atoms with Gasteiger partial charge in [0.15, 0.2) is 0 Å². The van der Waals surface area contributed by atoms with E-state index in [2.05, 4.69) is 0 Å². The Bertz CT molecular complexity index is 122. The molecule has 0 radical (unpaired) electrons. The molecule has 0 unspecified atom stereocenters. The highest BCUT2D eigenvalue weighted by molar-refractivity contribution is 5.67. The molecule has 1 aliphatic heterocycles. The Kier molecular flexibility index (Phi) is 2.47. The zero-order valence-electron chi connectivity index (χ0n) is 5.67. The number of amidine groups is 1. The van der Waals surface area contributed by atoms with Crippen LogP contribution in [0.4, 0.5) is 0 Å². The van der Waals surface area contributed by atoms with Gasteiger partial charge >= 0.3 is 0 Å². The monoisotopic (exact) mass is 145 g/mol. The summed E-state index contributed by atoms with van der Waals surface area (Å²) in [7, 11) is 0.